The summed E-state index contributed by atoms with van der Waals surface area (Å²) in [6, 6.07) is 12.9. The predicted molar refractivity (Wildman–Crippen MR) is 87.8 cm³/mol. The minimum atomic E-state index is -0.285. The molecule has 0 aliphatic rings. The van der Waals surface area contributed by atoms with E-state index in [0.717, 1.165) is 15.4 Å². The van der Waals surface area contributed by atoms with E-state index in [1.54, 1.807) is 16.8 Å². The van der Waals surface area contributed by atoms with Crippen LogP contribution >= 0.6 is 27.5 Å². The van der Waals surface area contributed by atoms with Gasteiger partial charge < -0.3 is 5.32 Å². The summed E-state index contributed by atoms with van der Waals surface area (Å²) in [4.78, 5) is 12.4. The summed E-state index contributed by atoms with van der Waals surface area (Å²) in [6.07, 6.45) is 0. The van der Waals surface area contributed by atoms with Crippen LogP contribution in [0.1, 0.15) is 10.5 Å². The third kappa shape index (κ3) is 2.66. The number of rotatable bonds is 2. The SMILES string of the molecule is Cn1nc(C(=O)Nc2cc(Br)ccc2Cl)c2ccccc21. The number of hydrogen-bond acceptors (Lipinski definition) is 2. The third-order valence-electron chi connectivity index (χ3n) is 3.15. The van der Waals surface area contributed by atoms with Gasteiger partial charge >= 0.3 is 0 Å². The van der Waals surface area contributed by atoms with E-state index in [4.69, 9.17) is 11.6 Å². The molecule has 3 aromatic rings. The summed E-state index contributed by atoms with van der Waals surface area (Å²) in [5, 5.41) is 8.37. The van der Waals surface area contributed by atoms with Crippen molar-refractivity contribution in [1.29, 1.82) is 0 Å². The quantitative estimate of drug-likeness (QED) is 0.739. The number of nitrogens with zero attached hydrogens (tertiary/aromatic N) is 2. The number of nitrogens with one attached hydrogen (secondary N) is 1. The van der Waals surface area contributed by atoms with E-state index in [1.807, 2.05) is 37.4 Å². The Hall–Kier alpha value is -1.85. The van der Waals surface area contributed by atoms with Crippen molar-refractivity contribution in [3.05, 3.63) is 57.7 Å². The van der Waals surface area contributed by atoms with Crippen molar-refractivity contribution in [2.45, 2.75) is 0 Å². The molecule has 0 atom stereocenters. The summed E-state index contributed by atoms with van der Waals surface area (Å²) >= 11 is 9.45. The van der Waals surface area contributed by atoms with Gasteiger partial charge in [-0.05, 0) is 24.3 Å². The molecule has 1 amide bonds. The van der Waals surface area contributed by atoms with Crippen LogP contribution < -0.4 is 5.32 Å². The molecule has 0 radical (unpaired) electrons. The van der Waals surface area contributed by atoms with Crippen LogP contribution in [0.3, 0.4) is 0 Å². The smallest absolute Gasteiger partial charge is 0.276 e. The van der Waals surface area contributed by atoms with E-state index < -0.39 is 0 Å². The highest BCUT2D eigenvalue weighted by Gasteiger charge is 2.16. The first kappa shape index (κ1) is 14.1. The molecule has 4 nitrogen and oxygen atoms in total. The topological polar surface area (TPSA) is 46.9 Å². The van der Waals surface area contributed by atoms with Crippen LogP contribution in [0.5, 0.6) is 0 Å². The lowest BCUT2D eigenvalue weighted by molar-refractivity contribution is 0.102. The van der Waals surface area contributed by atoms with Crippen LogP contribution in [-0.4, -0.2) is 15.7 Å². The molecule has 1 aromatic heterocycles. The summed E-state index contributed by atoms with van der Waals surface area (Å²) in [5.41, 5.74) is 1.83. The number of carbonyl (C=O) groups is 1. The molecule has 0 saturated carbocycles. The van der Waals surface area contributed by atoms with Gasteiger partial charge in [0.25, 0.3) is 5.91 Å². The molecule has 1 N–H and O–H groups in total. The number of fused-ring (bicyclic) bond motifs is 1. The molecule has 3 rings (SSSR count). The lowest BCUT2D eigenvalue weighted by atomic mass is 10.2. The Balaban J connectivity index is 2.00. The maximum atomic E-state index is 12.4. The molecule has 0 aliphatic heterocycles. The van der Waals surface area contributed by atoms with Gasteiger partial charge in [0.2, 0.25) is 0 Å². The number of amides is 1. The lowest BCUT2D eigenvalue weighted by Gasteiger charge is -2.06. The Kier molecular flexibility index (Phi) is 3.69. The fourth-order valence-corrected chi connectivity index (χ4v) is 2.68. The Morgan fingerprint density at radius 1 is 1.29 bits per heavy atom. The first-order chi connectivity index (χ1) is 10.1. The molecule has 0 spiro atoms. The second kappa shape index (κ2) is 5.50. The molecule has 2 aromatic carbocycles. The first-order valence-corrected chi connectivity index (χ1v) is 7.41. The standard InChI is InChI=1S/C15H11BrClN3O/c1-20-13-5-3-2-4-10(13)14(19-20)15(21)18-12-8-9(16)6-7-11(12)17/h2-8H,1H3,(H,18,21). The first-order valence-electron chi connectivity index (χ1n) is 6.24. The van der Waals surface area contributed by atoms with E-state index in [0.29, 0.717) is 16.4 Å². The molecule has 0 aliphatic carbocycles. The highest BCUT2D eigenvalue weighted by atomic mass is 79.9. The van der Waals surface area contributed by atoms with E-state index in [2.05, 4.69) is 26.3 Å². The van der Waals surface area contributed by atoms with Gasteiger partial charge in [-0.3, -0.25) is 9.48 Å². The van der Waals surface area contributed by atoms with Crippen LogP contribution in [-0.2, 0) is 7.05 Å². The van der Waals surface area contributed by atoms with Gasteiger partial charge in [0.05, 0.1) is 16.2 Å². The fourth-order valence-electron chi connectivity index (χ4n) is 2.16. The third-order valence-corrected chi connectivity index (χ3v) is 3.97. The van der Waals surface area contributed by atoms with Crippen LogP contribution in [0.15, 0.2) is 46.9 Å². The van der Waals surface area contributed by atoms with Crippen LogP contribution in [0.25, 0.3) is 10.9 Å². The molecule has 6 heteroatoms. The van der Waals surface area contributed by atoms with E-state index in [-0.39, 0.29) is 5.91 Å². The molecule has 0 fully saturated rings. The summed E-state index contributed by atoms with van der Waals surface area (Å²) in [6.45, 7) is 0. The number of carbonyl (C=O) groups excluding carboxylic acids is 1. The number of para-hydroxylation sites is 1. The maximum Gasteiger partial charge on any atom is 0.276 e. The fraction of sp³-hybridized carbons (Fsp3) is 0.0667. The number of aromatic nitrogens is 2. The minimum Gasteiger partial charge on any atom is -0.319 e. The van der Waals surface area contributed by atoms with Gasteiger partial charge in [0.1, 0.15) is 0 Å². The summed E-state index contributed by atoms with van der Waals surface area (Å²) in [7, 11) is 1.81. The minimum absolute atomic E-state index is 0.285. The highest BCUT2D eigenvalue weighted by molar-refractivity contribution is 9.10. The van der Waals surface area contributed by atoms with E-state index in [9.17, 15) is 4.79 Å². The zero-order valence-corrected chi connectivity index (χ0v) is 13.4. The monoisotopic (exact) mass is 363 g/mol. The van der Waals surface area contributed by atoms with Gasteiger partial charge in [-0.25, -0.2) is 0 Å². The van der Waals surface area contributed by atoms with Gasteiger partial charge in [0.15, 0.2) is 5.69 Å². The summed E-state index contributed by atoms with van der Waals surface area (Å²) in [5.74, 6) is -0.285. The van der Waals surface area contributed by atoms with Crippen molar-refractivity contribution in [2.75, 3.05) is 5.32 Å². The van der Waals surface area contributed by atoms with Crippen molar-refractivity contribution < 1.29 is 4.79 Å². The maximum absolute atomic E-state index is 12.4. The van der Waals surface area contributed by atoms with Crippen molar-refractivity contribution in [2.24, 2.45) is 7.05 Å². The number of benzene rings is 2. The molecular weight excluding hydrogens is 354 g/mol. The van der Waals surface area contributed by atoms with Gasteiger partial charge in [0, 0.05) is 16.9 Å². The molecule has 21 heavy (non-hydrogen) atoms. The second-order valence-electron chi connectivity index (χ2n) is 4.57. The van der Waals surface area contributed by atoms with Crippen LogP contribution in [0, 0.1) is 0 Å². The molecule has 0 unspecified atom stereocenters. The summed E-state index contributed by atoms with van der Waals surface area (Å²) < 4.78 is 2.53. The second-order valence-corrected chi connectivity index (χ2v) is 5.89. The largest absolute Gasteiger partial charge is 0.319 e. The van der Waals surface area contributed by atoms with Crippen molar-refractivity contribution in [3.8, 4) is 0 Å². The normalized spacial score (nSPS) is 10.8. The Morgan fingerprint density at radius 3 is 2.86 bits per heavy atom. The van der Waals surface area contributed by atoms with Gasteiger partial charge in [-0.2, -0.15) is 5.10 Å². The average molecular weight is 365 g/mol. The lowest BCUT2D eigenvalue weighted by Crippen LogP contribution is -2.13. The molecule has 1 heterocycles. The Morgan fingerprint density at radius 2 is 2.05 bits per heavy atom. The highest BCUT2D eigenvalue weighted by Crippen LogP contribution is 2.27. The molecule has 0 saturated heterocycles. The Bertz CT molecular complexity index is 844. The predicted octanol–water partition coefficient (Wildman–Crippen LogP) is 4.24. The van der Waals surface area contributed by atoms with E-state index in [1.165, 1.54) is 0 Å². The van der Waals surface area contributed by atoms with E-state index >= 15 is 0 Å². The number of anilines is 1. The zero-order valence-electron chi connectivity index (χ0n) is 11.1. The molecular formula is C15H11BrClN3O. The number of hydrogen-bond donors (Lipinski definition) is 1. The average Bonchev–Trinajstić information content (AvgIpc) is 2.81. The van der Waals surface area contributed by atoms with Crippen LogP contribution in [0.2, 0.25) is 5.02 Å². The molecule has 106 valence electrons. The Labute approximate surface area is 134 Å². The number of aryl methyl sites for hydroxylation is 1. The zero-order chi connectivity index (χ0) is 15.0. The molecule has 0 bridgehead atoms. The van der Waals surface area contributed by atoms with Crippen molar-refractivity contribution in [3.63, 3.8) is 0 Å². The number of halogens is 2. The van der Waals surface area contributed by atoms with Gasteiger partial charge in [-0.15, -0.1) is 0 Å². The van der Waals surface area contributed by atoms with Crippen molar-refractivity contribution in [1.82, 2.24) is 9.78 Å². The van der Waals surface area contributed by atoms with Gasteiger partial charge in [-0.1, -0.05) is 45.7 Å². The van der Waals surface area contributed by atoms with Crippen LogP contribution in [0.4, 0.5) is 5.69 Å². The van der Waals surface area contributed by atoms with Crippen molar-refractivity contribution >= 4 is 50.0 Å².